The van der Waals surface area contributed by atoms with Gasteiger partial charge in [-0.2, -0.15) is 5.10 Å². The number of nitrogens with one attached hydrogen (secondary N) is 1. The molecule has 0 saturated carbocycles. The van der Waals surface area contributed by atoms with Crippen molar-refractivity contribution in [2.45, 2.75) is 45.1 Å². The molecule has 0 aromatic carbocycles. The van der Waals surface area contributed by atoms with Crippen molar-refractivity contribution in [3.05, 3.63) is 18.0 Å². The first-order chi connectivity index (χ1) is 13.7. The van der Waals surface area contributed by atoms with Gasteiger partial charge in [0, 0.05) is 65.0 Å². The van der Waals surface area contributed by atoms with E-state index in [0.717, 1.165) is 58.3 Å². The van der Waals surface area contributed by atoms with E-state index in [1.54, 1.807) is 0 Å². The van der Waals surface area contributed by atoms with Gasteiger partial charge in [0.05, 0.1) is 19.4 Å². The molecule has 1 aromatic heterocycles. The molecule has 28 heavy (non-hydrogen) atoms. The van der Waals surface area contributed by atoms with Gasteiger partial charge in [-0.25, -0.2) is 0 Å². The summed E-state index contributed by atoms with van der Waals surface area (Å²) in [4.78, 5) is 9.62. The van der Waals surface area contributed by atoms with Gasteiger partial charge in [-0.05, 0) is 17.9 Å². The molecule has 1 N–H and O–H groups in total. The van der Waals surface area contributed by atoms with Gasteiger partial charge in [-0.1, -0.05) is 26.7 Å². The van der Waals surface area contributed by atoms with Crippen molar-refractivity contribution in [2.24, 2.45) is 18.0 Å². The summed E-state index contributed by atoms with van der Waals surface area (Å²) in [6.45, 7) is 11.4. The number of morpholine rings is 1. The number of aromatic nitrogens is 2. The average Bonchev–Trinajstić information content (AvgIpc) is 3.38. The Hall–Kier alpha value is -1.60. The van der Waals surface area contributed by atoms with Crippen LogP contribution in [0.1, 0.15) is 44.6 Å². The highest BCUT2D eigenvalue weighted by molar-refractivity contribution is 5.80. The Morgan fingerprint density at radius 2 is 2.04 bits per heavy atom. The maximum Gasteiger partial charge on any atom is 0.193 e. The second-order valence-electron chi connectivity index (χ2n) is 8.10. The zero-order valence-electron chi connectivity index (χ0n) is 18.1. The lowest BCUT2D eigenvalue weighted by Crippen LogP contribution is -2.53. The molecule has 2 unspecified atom stereocenters. The topological polar surface area (TPSA) is 57.9 Å². The predicted octanol–water partition coefficient (Wildman–Crippen LogP) is 1.92. The van der Waals surface area contributed by atoms with Gasteiger partial charge < -0.3 is 15.0 Å². The van der Waals surface area contributed by atoms with Crippen LogP contribution in [0.3, 0.4) is 0 Å². The monoisotopic (exact) mass is 390 g/mol. The quantitative estimate of drug-likeness (QED) is 0.569. The van der Waals surface area contributed by atoms with Crippen molar-refractivity contribution in [1.29, 1.82) is 0 Å². The first-order valence-electron chi connectivity index (χ1n) is 10.9. The molecule has 2 aliphatic heterocycles. The van der Waals surface area contributed by atoms with Crippen LogP contribution in [-0.4, -0.2) is 84.6 Å². The third kappa shape index (κ3) is 5.06. The number of guanidine groups is 1. The van der Waals surface area contributed by atoms with Crippen LogP contribution in [0.25, 0.3) is 0 Å². The summed E-state index contributed by atoms with van der Waals surface area (Å²) in [6, 6.07) is 0.535. The van der Waals surface area contributed by atoms with Crippen LogP contribution in [0.5, 0.6) is 0 Å². The van der Waals surface area contributed by atoms with E-state index in [-0.39, 0.29) is 0 Å². The molecule has 3 rings (SSSR count). The van der Waals surface area contributed by atoms with Crippen LogP contribution in [0.2, 0.25) is 0 Å². The summed E-state index contributed by atoms with van der Waals surface area (Å²) in [6.07, 6.45) is 7.74. The summed E-state index contributed by atoms with van der Waals surface area (Å²) >= 11 is 0. The van der Waals surface area contributed by atoms with Gasteiger partial charge in [-0.3, -0.25) is 14.6 Å². The Balaban J connectivity index is 1.59. The first-order valence-corrected chi connectivity index (χ1v) is 10.9. The van der Waals surface area contributed by atoms with Crippen LogP contribution in [0.4, 0.5) is 0 Å². The average molecular weight is 391 g/mol. The number of rotatable bonds is 7. The first kappa shape index (κ1) is 21.1. The van der Waals surface area contributed by atoms with Crippen LogP contribution < -0.4 is 5.32 Å². The molecule has 1 aromatic rings. The lowest BCUT2D eigenvalue weighted by Gasteiger charge is -2.39. The molecule has 0 aliphatic carbocycles. The lowest BCUT2D eigenvalue weighted by molar-refractivity contribution is 0.00261. The van der Waals surface area contributed by atoms with Gasteiger partial charge in [0.2, 0.25) is 0 Å². The van der Waals surface area contributed by atoms with E-state index < -0.39 is 0 Å². The second kappa shape index (κ2) is 10.3. The molecule has 0 radical (unpaired) electrons. The third-order valence-corrected chi connectivity index (χ3v) is 6.47. The fourth-order valence-electron chi connectivity index (χ4n) is 4.74. The zero-order chi connectivity index (χ0) is 19.9. The summed E-state index contributed by atoms with van der Waals surface area (Å²) in [5, 5.41) is 8.04. The molecule has 2 aliphatic rings. The molecule has 2 atom stereocenters. The van der Waals surface area contributed by atoms with E-state index in [1.807, 2.05) is 25.0 Å². The van der Waals surface area contributed by atoms with Gasteiger partial charge >= 0.3 is 0 Å². The van der Waals surface area contributed by atoms with E-state index in [1.165, 1.54) is 18.4 Å². The Kier molecular flexibility index (Phi) is 7.73. The zero-order valence-corrected chi connectivity index (χ0v) is 18.1. The molecule has 0 amide bonds. The second-order valence-corrected chi connectivity index (χ2v) is 8.10. The lowest BCUT2D eigenvalue weighted by atomic mass is 9.92. The van der Waals surface area contributed by atoms with Crippen molar-refractivity contribution >= 4 is 5.96 Å². The number of aryl methyl sites for hydroxylation is 1. The molecule has 3 heterocycles. The van der Waals surface area contributed by atoms with Crippen molar-refractivity contribution in [2.75, 3.05) is 53.0 Å². The summed E-state index contributed by atoms with van der Waals surface area (Å²) in [5.41, 5.74) is 1.34. The van der Waals surface area contributed by atoms with Crippen LogP contribution in [0.15, 0.2) is 17.4 Å². The molecule has 158 valence electrons. The maximum atomic E-state index is 5.58. The van der Waals surface area contributed by atoms with E-state index in [4.69, 9.17) is 4.74 Å². The summed E-state index contributed by atoms with van der Waals surface area (Å²) in [7, 11) is 3.89. The highest BCUT2D eigenvalue weighted by Crippen LogP contribution is 2.27. The summed E-state index contributed by atoms with van der Waals surface area (Å²) < 4.78 is 7.48. The molecule has 0 spiro atoms. The largest absolute Gasteiger partial charge is 0.379 e. The van der Waals surface area contributed by atoms with Crippen LogP contribution in [0, 0.1) is 5.92 Å². The number of ether oxygens (including phenoxy) is 1. The SMILES string of the molecule is CCC(CC)C(CNC(=NC)N1CCC(c2cnn(C)c2)C1)N1CCOCC1. The van der Waals surface area contributed by atoms with Gasteiger partial charge in [0.25, 0.3) is 0 Å². The third-order valence-electron chi connectivity index (χ3n) is 6.47. The van der Waals surface area contributed by atoms with Gasteiger partial charge in [0.15, 0.2) is 5.96 Å². The highest BCUT2D eigenvalue weighted by Gasteiger charge is 2.30. The molecule has 7 nitrogen and oxygen atoms in total. The molecular formula is C21H38N6O. The fourth-order valence-corrected chi connectivity index (χ4v) is 4.74. The number of hydrogen-bond donors (Lipinski definition) is 1. The molecule has 2 fully saturated rings. The number of hydrogen-bond acceptors (Lipinski definition) is 4. The molecule has 2 saturated heterocycles. The van der Waals surface area contributed by atoms with Crippen molar-refractivity contribution in [1.82, 2.24) is 24.9 Å². The Bertz CT molecular complexity index is 620. The van der Waals surface area contributed by atoms with Crippen molar-refractivity contribution in [3.63, 3.8) is 0 Å². The summed E-state index contributed by atoms with van der Waals surface area (Å²) in [5.74, 6) is 2.28. The van der Waals surface area contributed by atoms with Crippen molar-refractivity contribution < 1.29 is 4.74 Å². The highest BCUT2D eigenvalue weighted by atomic mass is 16.5. The minimum Gasteiger partial charge on any atom is -0.379 e. The minimum atomic E-state index is 0.535. The molecule has 0 bridgehead atoms. The molecular weight excluding hydrogens is 352 g/mol. The Morgan fingerprint density at radius 1 is 1.29 bits per heavy atom. The normalized spacial score (nSPS) is 22.8. The standard InChI is InChI=1S/C21H38N6O/c1-5-17(6-2)20(26-9-11-28-12-10-26)14-23-21(22-3)27-8-7-18(16-27)19-13-24-25(4)15-19/h13,15,17-18,20H,5-12,14,16H2,1-4H3,(H,22,23). The van der Waals surface area contributed by atoms with E-state index in [2.05, 4.69) is 45.3 Å². The smallest absolute Gasteiger partial charge is 0.193 e. The van der Waals surface area contributed by atoms with Crippen molar-refractivity contribution in [3.8, 4) is 0 Å². The van der Waals surface area contributed by atoms with Gasteiger partial charge in [0.1, 0.15) is 0 Å². The number of nitrogens with zero attached hydrogens (tertiary/aromatic N) is 5. The fraction of sp³-hybridized carbons (Fsp3) is 0.810. The molecule has 7 heteroatoms. The van der Waals surface area contributed by atoms with Gasteiger partial charge in [-0.15, -0.1) is 0 Å². The predicted molar refractivity (Wildman–Crippen MR) is 114 cm³/mol. The maximum absolute atomic E-state index is 5.58. The van der Waals surface area contributed by atoms with E-state index >= 15 is 0 Å². The Labute approximate surface area is 170 Å². The number of likely N-dealkylation sites (tertiary alicyclic amines) is 1. The van der Waals surface area contributed by atoms with E-state index in [0.29, 0.717) is 17.9 Å². The Morgan fingerprint density at radius 3 is 2.64 bits per heavy atom. The number of aliphatic imine (C=N–C) groups is 1. The van der Waals surface area contributed by atoms with Crippen LogP contribution >= 0.6 is 0 Å². The minimum absolute atomic E-state index is 0.535. The van der Waals surface area contributed by atoms with Crippen LogP contribution in [-0.2, 0) is 11.8 Å². The van der Waals surface area contributed by atoms with E-state index in [9.17, 15) is 0 Å².